The normalized spacial score (nSPS) is 11.9. The molecule has 11 heteroatoms. The Hall–Kier alpha value is -3.18. The van der Waals surface area contributed by atoms with E-state index in [4.69, 9.17) is 9.47 Å². The molecule has 3 aromatic rings. The number of aromatic nitrogens is 2. The van der Waals surface area contributed by atoms with Crippen LogP contribution in [0.2, 0.25) is 0 Å². The van der Waals surface area contributed by atoms with Crippen molar-refractivity contribution < 1.29 is 23.5 Å². The molecule has 0 unspecified atom stereocenters. The van der Waals surface area contributed by atoms with Gasteiger partial charge in [0.25, 0.3) is 5.91 Å². The highest BCUT2D eigenvalue weighted by Gasteiger charge is 2.14. The van der Waals surface area contributed by atoms with E-state index < -0.39 is 11.7 Å². The molecular weight excluding hydrogens is 431 g/mol. The number of ether oxygens (including phenoxy) is 2. The van der Waals surface area contributed by atoms with Crippen LogP contribution in [-0.2, 0) is 11.3 Å². The molecule has 0 saturated heterocycles. The van der Waals surface area contributed by atoms with Gasteiger partial charge in [0.15, 0.2) is 15.8 Å². The predicted octanol–water partition coefficient (Wildman–Crippen LogP) is 3.07. The standard InChI is InChI=1S/C19H15FN4O4S2/c20-13-4-2-12(3-5-13)17(26)22-18-23-24-19(30-18)29-9-16(25)21-8-11-1-6-14-15(7-11)28-10-27-14/h1-7H,8-10H2,(H,21,25)(H,22,23,26). The Morgan fingerprint density at radius 1 is 1.10 bits per heavy atom. The molecule has 2 N–H and O–H groups in total. The molecule has 0 bridgehead atoms. The van der Waals surface area contributed by atoms with Gasteiger partial charge in [-0.2, -0.15) is 0 Å². The van der Waals surface area contributed by atoms with Gasteiger partial charge < -0.3 is 14.8 Å². The summed E-state index contributed by atoms with van der Waals surface area (Å²) in [6.45, 7) is 0.571. The van der Waals surface area contributed by atoms with E-state index in [1.54, 1.807) is 0 Å². The molecular formula is C19H15FN4O4S2. The minimum absolute atomic E-state index is 0.158. The lowest BCUT2D eigenvalue weighted by Crippen LogP contribution is -2.24. The maximum atomic E-state index is 12.9. The van der Waals surface area contributed by atoms with Gasteiger partial charge in [0.05, 0.1) is 5.75 Å². The van der Waals surface area contributed by atoms with Gasteiger partial charge >= 0.3 is 0 Å². The van der Waals surface area contributed by atoms with Crippen LogP contribution in [-0.4, -0.2) is 34.6 Å². The van der Waals surface area contributed by atoms with Crippen molar-refractivity contribution in [2.75, 3.05) is 17.9 Å². The summed E-state index contributed by atoms with van der Waals surface area (Å²) in [5, 5.41) is 13.6. The summed E-state index contributed by atoms with van der Waals surface area (Å²) >= 11 is 2.37. The third-order valence-electron chi connectivity index (χ3n) is 3.99. The van der Waals surface area contributed by atoms with Gasteiger partial charge in [0.2, 0.25) is 17.8 Å². The lowest BCUT2D eigenvalue weighted by Gasteiger charge is -2.05. The van der Waals surface area contributed by atoms with Crippen LogP contribution in [0, 0.1) is 5.82 Å². The first-order valence-electron chi connectivity index (χ1n) is 8.75. The molecule has 1 aromatic heterocycles. The van der Waals surface area contributed by atoms with Crippen molar-refractivity contribution in [1.29, 1.82) is 0 Å². The van der Waals surface area contributed by atoms with Gasteiger partial charge in [0, 0.05) is 12.1 Å². The van der Waals surface area contributed by atoms with E-state index in [0.29, 0.717) is 33.1 Å². The van der Waals surface area contributed by atoms with Crippen molar-refractivity contribution in [1.82, 2.24) is 15.5 Å². The zero-order valence-electron chi connectivity index (χ0n) is 15.4. The molecule has 0 saturated carbocycles. The lowest BCUT2D eigenvalue weighted by atomic mass is 10.2. The first-order valence-corrected chi connectivity index (χ1v) is 10.6. The monoisotopic (exact) mass is 446 g/mol. The van der Waals surface area contributed by atoms with E-state index in [1.165, 1.54) is 36.0 Å². The number of hydrogen-bond donors (Lipinski definition) is 2. The second-order valence-electron chi connectivity index (χ2n) is 6.09. The Bertz CT molecular complexity index is 1070. The maximum Gasteiger partial charge on any atom is 0.257 e. The second kappa shape index (κ2) is 9.09. The topological polar surface area (TPSA) is 102 Å². The van der Waals surface area contributed by atoms with Crippen LogP contribution in [0.25, 0.3) is 0 Å². The second-order valence-corrected chi connectivity index (χ2v) is 8.29. The summed E-state index contributed by atoms with van der Waals surface area (Å²) in [6, 6.07) is 10.7. The number of fused-ring (bicyclic) bond motifs is 1. The van der Waals surface area contributed by atoms with Crippen LogP contribution in [0.1, 0.15) is 15.9 Å². The highest BCUT2D eigenvalue weighted by molar-refractivity contribution is 8.01. The fourth-order valence-corrected chi connectivity index (χ4v) is 4.10. The molecule has 2 heterocycles. The van der Waals surface area contributed by atoms with Crippen LogP contribution in [0.3, 0.4) is 0 Å². The average molecular weight is 446 g/mol. The molecule has 1 aliphatic heterocycles. The summed E-state index contributed by atoms with van der Waals surface area (Å²) < 4.78 is 24.1. The van der Waals surface area contributed by atoms with Crippen molar-refractivity contribution in [2.45, 2.75) is 10.9 Å². The van der Waals surface area contributed by atoms with Crippen LogP contribution in [0.5, 0.6) is 11.5 Å². The zero-order valence-corrected chi connectivity index (χ0v) is 17.0. The van der Waals surface area contributed by atoms with Gasteiger partial charge in [-0.25, -0.2) is 4.39 Å². The molecule has 0 fully saturated rings. The number of anilines is 1. The van der Waals surface area contributed by atoms with Gasteiger partial charge in [-0.15, -0.1) is 10.2 Å². The van der Waals surface area contributed by atoms with E-state index in [1.807, 2.05) is 18.2 Å². The van der Waals surface area contributed by atoms with Gasteiger partial charge in [-0.05, 0) is 42.0 Å². The molecule has 0 aliphatic carbocycles. The number of rotatable bonds is 7. The third kappa shape index (κ3) is 5.05. The summed E-state index contributed by atoms with van der Waals surface area (Å²) in [4.78, 5) is 24.2. The fourth-order valence-electron chi connectivity index (χ4n) is 2.52. The van der Waals surface area contributed by atoms with Crippen molar-refractivity contribution in [3.05, 3.63) is 59.4 Å². The third-order valence-corrected chi connectivity index (χ3v) is 5.96. The van der Waals surface area contributed by atoms with Crippen molar-refractivity contribution in [3.8, 4) is 11.5 Å². The molecule has 2 aromatic carbocycles. The summed E-state index contributed by atoms with van der Waals surface area (Å²) in [5.74, 6) is 0.525. The number of nitrogens with one attached hydrogen (secondary N) is 2. The van der Waals surface area contributed by atoms with Crippen molar-refractivity contribution in [3.63, 3.8) is 0 Å². The lowest BCUT2D eigenvalue weighted by molar-refractivity contribution is -0.118. The quantitative estimate of drug-likeness (QED) is 0.425. The molecule has 0 radical (unpaired) electrons. The average Bonchev–Trinajstić information content (AvgIpc) is 3.40. The molecule has 154 valence electrons. The smallest absolute Gasteiger partial charge is 0.257 e. The van der Waals surface area contributed by atoms with Crippen molar-refractivity contribution in [2.24, 2.45) is 0 Å². The molecule has 8 nitrogen and oxygen atoms in total. The number of halogens is 1. The van der Waals surface area contributed by atoms with Crippen LogP contribution in [0.4, 0.5) is 9.52 Å². The van der Waals surface area contributed by atoms with Gasteiger partial charge in [0.1, 0.15) is 5.82 Å². The number of nitrogens with zero attached hydrogens (tertiary/aromatic N) is 2. The fraction of sp³-hybridized carbons (Fsp3) is 0.158. The van der Waals surface area contributed by atoms with Crippen LogP contribution in [0.15, 0.2) is 46.8 Å². The van der Waals surface area contributed by atoms with E-state index in [0.717, 1.165) is 16.9 Å². The molecule has 1 aliphatic rings. The Morgan fingerprint density at radius 2 is 1.90 bits per heavy atom. The molecule has 30 heavy (non-hydrogen) atoms. The Labute approximate surface area is 178 Å². The zero-order chi connectivity index (χ0) is 20.9. The molecule has 0 spiro atoms. The Balaban J connectivity index is 1.23. The highest BCUT2D eigenvalue weighted by atomic mass is 32.2. The largest absolute Gasteiger partial charge is 0.454 e. The van der Waals surface area contributed by atoms with E-state index in [9.17, 15) is 14.0 Å². The predicted molar refractivity (Wildman–Crippen MR) is 109 cm³/mol. The summed E-state index contributed by atoms with van der Waals surface area (Å²) in [5.41, 5.74) is 1.21. The van der Waals surface area contributed by atoms with E-state index in [-0.39, 0.29) is 18.5 Å². The SMILES string of the molecule is O=C(CSc1nnc(NC(=O)c2ccc(F)cc2)s1)NCc1ccc2c(c1)OCO2. The maximum absolute atomic E-state index is 12.9. The minimum Gasteiger partial charge on any atom is -0.454 e. The van der Waals surface area contributed by atoms with Crippen LogP contribution < -0.4 is 20.1 Å². The van der Waals surface area contributed by atoms with Crippen molar-refractivity contribution >= 4 is 40.0 Å². The first-order chi connectivity index (χ1) is 14.6. The molecule has 2 amide bonds. The molecule has 0 atom stereocenters. The van der Waals surface area contributed by atoms with E-state index >= 15 is 0 Å². The number of carbonyl (C=O) groups excluding carboxylic acids is 2. The Kier molecular flexibility index (Phi) is 6.10. The van der Waals surface area contributed by atoms with Crippen LogP contribution >= 0.6 is 23.1 Å². The number of carbonyl (C=O) groups is 2. The summed E-state index contributed by atoms with van der Waals surface area (Å²) in [7, 11) is 0. The highest BCUT2D eigenvalue weighted by Crippen LogP contribution is 2.32. The van der Waals surface area contributed by atoms with E-state index in [2.05, 4.69) is 20.8 Å². The number of thioether (sulfide) groups is 1. The first kappa shape index (κ1) is 20.1. The van der Waals surface area contributed by atoms with Gasteiger partial charge in [-0.3, -0.25) is 14.9 Å². The Morgan fingerprint density at radius 3 is 2.73 bits per heavy atom. The number of benzene rings is 2. The number of hydrogen-bond acceptors (Lipinski definition) is 8. The number of amides is 2. The molecule has 4 rings (SSSR count). The minimum atomic E-state index is -0.419. The summed E-state index contributed by atoms with van der Waals surface area (Å²) in [6.07, 6.45) is 0. The van der Waals surface area contributed by atoms with Gasteiger partial charge in [-0.1, -0.05) is 29.2 Å².